The highest BCUT2D eigenvalue weighted by Crippen LogP contribution is 2.53. The number of aliphatic hydroxyl groups is 4. The van der Waals surface area contributed by atoms with Crippen molar-refractivity contribution in [1.82, 2.24) is 0 Å². The molecule has 3 rings (SSSR count). The van der Waals surface area contributed by atoms with Crippen LogP contribution in [0.4, 0.5) is 0 Å². The molecule has 0 aromatic heterocycles. The second-order valence-electron chi connectivity index (χ2n) is 10.3. The lowest BCUT2D eigenvalue weighted by Gasteiger charge is -2.46. The summed E-state index contributed by atoms with van der Waals surface area (Å²) in [6.07, 6.45) is 2.82. The quantitative estimate of drug-likeness (QED) is 0.177. The molecule has 0 bridgehead atoms. The summed E-state index contributed by atoms with van der Waals surface area (Å²) in [5.74, 6) is 0.170. The molecule has 190 valence electrons. The molecular formula is C27H40O7. The number of esters is 1. The highest BCUT2D eigenvalue weighted by Gasteiger charge is 2.46. The number of fused-ring (bicyclic) bond motifs is 3. The number of aryl methyl sites for hydroxylation is 1. The van der Waals surface area contributed by atoms with Crippen LogP contribution >= 0.6 is 0 Å². The van der Waals surface area contributed by atoms with Gasteiger partial charge in [-0.3, -0.25) is 0 Å². The average Bonchev–Trinajstić information content (AvgIpc) is 2.77. The maximum atomic E-state index is 12.8. The molecule has 5 atom stereocenters. The van der Waals surface area contributed by atoms with Gasteiger partial charge in [0.25, 0.3) is 0 Å². The Balaban J connectivity index is 1.99. The van der Waals surface area contributed by atoms with E-state index in [1.165, 1.54) is 5.57 Å². The van der Waals surface area contributed by atoms with E-state index in [2.05, 4.69) is 33.8 Å². The van der Waals surface area contributed by atoms with Gasteiger partial charge >= 0.3 is 5.97 Å². The molecule has 34 heavy (non-hydrogen) atoms. The molecule has 0 amide bonds. The topological polar surface area (TPSA) is 116 Å². The van der Waals surface area contributed by atoms with Crippen LogP contribution in [-0.2, 0) is 11.2 Å². The molecular weight excluding hydrogens is 436 g/mol. The largest absolute Gasteiger partial charge is 0.487 e. The highest BCUT2D eigenvalue weighted by atomic mass is 16.6. The third-order valence-corrected chi connectivity index (χ3v) is 7.17. The molecule has 1 aliphatic carbocycles. The molecule has 2 aliphatic rings. The van der Waals surface area contributed by atoms with Gasteiger partial charge in [-0.1, -0.05) is 31.4 Å². The summed E-state index contributed by atoms with van der Waals surface area (Å²) >= 11 is 0. The minimum atomic E-state index is -1.94. The first kappa shape index (κ1) is 26.7. The van der Waals surface area contributed by atoms with Gasteiger partial charge in [-0.05, 0) is 70.6 Å². The standard InChI is InChI=1S/C27H40O7/c1-5-6-7-8-17-14-21(33-26(32)25(31)24(30)20(29)11-12-28)23-18-13-16(2)9-10-19(18)27(3,4)34-22(23)15-17/h13-15,18-20,24-25,28-31H,5-12H2,1-4H3/t18-,19-,20-,24-,25-/m1/s1. The predicted molar refractivity (Wildman–Crippen MR) is 129 cm³/mol. The smallest absolute Gasteiger partial charge is 0.343 e. The molecule has 1 heterocycles. The van der Waals surface area contributed by atoms with Crippen molar-refractivity contribution in [3.8, 4) is 11.5 Å². The van der Waals surface area contributed by atoms with E-state index in [-0.39, 0.29) is 30.5 Å². The van der Waals surface area contributed by atoms with Crippen LogP contribution in [0.3, 0.4) is 0 Å². The van der Waals surface area contributed by atoms with Gasteiger partial charge in [-0.2, -0.15) is 0 Å². The first-order valence-corrected chi connectivity index (χ1v) is 12.5. The van der Waals surface area contributed by atoms with Crippen molar-refractivity contribution in [2.45, 2.75) is 102 Å². The van der Waals surface area contributed by atoms with E-state index in [9.17, 15) is 20.1 Å². The molecule has 7 nitrogen and oxygen atoms in total. The predicted octanol–water partition coefficient (Wildman–Crippen LogP) is 3.40. The monoisotopic (exact) mass is 476 g/mol. The average molecular weight is 477 g/mol. The van der Waals surface area contributed by atoms with Crippen LogP contribution in [-0.4, -0.2) is 56.9 Å². The molecule has 7 heteroatoms. The first-order valence-electron chi connectivity index (χ1n) is 12.5. The minimum absolute atomic E-state index is 0.00189. The number of hydrogen-bond donors (Lipinski definition) is 4. The first-order chi connectivity index (χ1) is 16.1. The van der Waals surface area contributed by atoms with Gasteiger partial charge in [-0.15, -0.1) is 0 Å². The van der Waals surface area contributed by atoms with Gasteiger partial charge in [0.15, 0.2) is 6.10 Å². The molecule has 0 unspecified atom stereocenters. The van der Waals surface area contributed by atoms with Crippen LogP contribution in [0.25, 0.3) is 0 Å². The van der Waals surface area contributed by atoms with Crippen LogP contribution in [0.1, 0.15) is 83.3 Å². The third kappa shape index (κ3) is 5.82. The van der Waals surface area contributed by atoms with Gasteiger partial charge in [0.2, 0.25) is 0 Å². The van der Waals surface area contributed by atoms with Crippen LogP contribution in [0.15, 0.2) is 23.8 Å². The van der Waals surface area contributed by atoms with Crippen molar-refractivity contribution in [2.75, 3.05) is 6.61 Å². The highest BCUT2D eigenvalue weighted by molar-refractivity contribution is 5.78. The number of allylic oxidation sites excluding steroid dienone is 2. The normalized spacial score (nSPS) is 23.6. The molecule has 4 N–H and O–H groups in total. The van der Waals surface area contributed by atoms with E-state index >= 15 is 0 Å². The summed E-state index contributed by atoms with van der Waals surface area (Å²) < 4.78 is 12.2. The van der Waals surface area contributed by atoms with Crippen molar-refractivity contribution in [3.63, 3.8) is 0 Å². The van der Waals surface area contributed by atoms with Crippen molar-refractivity contribution in [1.29, 1.82) is 0 Å². The lowest BCUT2D eigenvalue weighted by molar-refractivity contribution is -0.155. The fraction of sp³-hybridized carbons (Fsp3) is 0.667. The number of hydrogen-bond acceptors (Lipinski definition) is 7. The molecule has 0 saturated carbocycles. The minimum Gasteiger partial charge on any atom is -0.487 e. The lowest BCUT2D eigenvalue weighted by Crippen LogP contribution is -2.46. The van der Waals surface area contributed by atoms with Crippen LogP contribution in [0, 0.1) is 5.92 Å². The number of unbranched alkanes of at least 4 members (excludes halogenated alkanes) is 2. The Morgan fingerprint density at radius 2 is 1.97 bits per heavy atom. The Hall–Kier alpha value is -1.93. The molecule has 1 aliphatic heterocycles. The Labute approximate surface area is 202 Å². The Bertz CT molecular complexity index is 891. The molecule has 0 spiro atoms. The van der Waals surface area contributed by atoms with E-state index < -0.39 is 24.3 Å². The summed E-state index contributed by atoms with van der Waals surface area (Å²) in [5.41, 5.74) is 2.66. The summed E-state index contributed by atoms with van der Waals surface area (Å²) in [6, 6.07) is 3.88. The number of aliphatic hydroxyl groups excluding tert-OH is 4. The van der Waals surface area contributed by atoms with E-state index in [0.29, 0.717) is 11.5 Å². The van der Waals surface area contributed by atoms with E-state index in [1.54, 1.807) is 0 Å². The Morgan fingerprint density at radius 1 is 1.24 bits per heavy atom. The number of rotatable bonds is 10. The summed E-state index contributed by atoms with van der Waals surface area (Å²) in [6.45, 7) is 8.06. The summed E-state index contributed by atoms with van der Waals surface area (Å²) in [7, 11) is 0. The van der Waals surface area contributed by atoms with Crippen molar-refractivity contribution in [3.05, 3.63) is 34.9 Å². The zero-order valence-electron chi connectivity index (χ0n) is 20.8. The molecule has 1 aromatic rings. The van der Waals surface area contributed by atoms with E-state index in [1.807, 2.05) is 12.1 Å². The van der Waals surface area contributed by atoms with Crippen molar-refractivity contribution < 1.29 is 34.7 Å². The fourth-order valence-corrected chi connectivity index (χ4v) is 5.19. The molecule has 0 fully saturated rings. The summed E-state index contributed by atoms with van der Waals surface area (Å²) in [4.78, 5) is 12.8. The second kappa shape index (κ2) is 11.2. The zero-order chi connectivity index (χ0) is 25.0. The van der Waals surface area contributed by atoms with Crippen molar-refractivity contribution in [2.24, 2.45) is 5.92 Å². The van der Waals surface area contributed by atoms with Gasteiger partial charge in [-0.25, -0.2) is 4.79 Å². The number of benzene rings is 1. The number of carbonyl (C=O) groups is 1. The number of carbonyl (C=O) groups excluding carboxylic acids is 1. The lowest BCUT2D eigenvalue weighted by atomic mass is 9.68. The van der Waals surface area contributed by atoms with E-state index in [4.69, 9.17) is 14.6 Å². The maximum Gasteiger partial charge on any atom is 0.343 e. The van der Waals surface area contributed by atoms with Gasteiger partial charge < -0.3 is 29.9 Å². The van der Waals surface area contributed by atoms with Gasteiger partial charge in [0, 0.05) is 24.0 Å². The summed E-state index contributed by atoms with van der Waals surface area (Å²) in [5, 5.41) is 39.4. The fourth-order valence-electron chi connectivity index (χ4n) is 5.19. The van der Waals surface area contributed by atoms with Crippen LogP contribution in [0.5, 0.6) is 11.5 Å². The second-order valence-corrected chi connectivity index (χ2v) is 10.3. The van der Waals surface area contributed by atoms with Gasteiger partial charge in [0.05, 0.1) is 6.10 Å². The Morgan fingerprint density at radius 3 is 2.65 bits per heavy atom. The molecule has 1 aromatic carbocycles. The zero-order valence-corrected chi connectivity index (χ0v) is 20.8. The van der Waals surface area contributed by atoms with Crippen LogP contribution < -0.4 is 9.47 Å². The molecule has 0 saturated heterocycles. The maximum absolute atomic E-state index is 12.8. The van der Waals surface area contributed by atoms with Crippen molar-refractivity contribution >= 4 is 5.97 Å². The van der Waals surface area contributed by atoms with Gasteiger partial charge in [0.1, 0.15) is 23.2 Å². The Kier molecular flexibility index (Phi) is 8.79. The molecule has 0 radical (unpaired) electrons. The van der Waals surface area contributed by atoms with E-state index in [0.717, 1.165) is 49.7 Å². The number of ether oxygens (including phenoxy) is 2. The SMILES string of the molecule is CCCCCc1cc(OC(=O)[C@H](O)[C@H](O)[C@H](O)CCO)c2c(c1)OC(C)(C)[C@@H]1CCC(C)=C[C@@H]21. The van der Waals surface area contributed by atoms with Crippen LogP contribution in [0.2, 0.25) is 0 Å². The third-order valence-electron chi connectivity index (χ3n) is 7.17.